The summed E-state index contributed by atoms with van der Waals surface area (Å²) in [5, 5.41) is 3.67. The maximum atomic E-state index is 3.67. The summed E-state index contributed by atoms with van der Waals surface area (Å²) in [5.41, 5.74) is 0. The molecule has 6 aliphatic carbocycles. The molecule has 0 spiro atoms. The highest BCUT2D eigenvalue weighted by Gasteiger charge is 2.40. The fourth-order valence-corrected chi connectivity index (χ4v) is 7.89. The second-order valence-electron chi connectivity index (χ2n) is 11.2. The van der Waals surface area contributed by atoms with Crippen molar-refractivity contribution in [3.05, 3.63) is 0 Å². The third-order valence-electron chi connectivity index (χ3n) is 9.51. The molecule has 1 N–H and O–H groups in total. The zero-order valence-corrected chi connectivity index (χ0v) is 17.9. The van der Waals surface area contributed by atoms with E-state index in [4.69, 9.17) is 0 Å². The molecular formula is C25H45N. The standard InChI is InChI=1S/C25H45N/c1-17(2)23-13-18-5-4-6-21(16-23)24(12-8-18)22-11-10-20-9-7-19(14-22)15-25(20)26-3/h17-26H,4-16H2,1-3H3. The zero-order valence-electron chi connectivity index (χ0n) is 17.9. The number of hydrogen-bond donors (Lipinski definition) is 1. The summed E-state index contributed by atoms with van der Waals surface area (Å²) >= 11 is 0. The molecule has 0 aliphatic heterocycles. The fourth-order valence-electron chi connectivity index (χ4n) is 7.89. The quantitative estimate of drug-likeness (QED) is 0.593. The van der Waals surface area contributed by atoms with Gasteiger partial charge >= 0.3 is 0 Å². The molecule has 0 heterocycles. The highest BCUT2D eigenvalue weighted by Crippen LogP contribution is 2.50. The van der Waals surface area contributed by atoms with Crippen LogP contribution in [0.4, 0.5) is 0 Å². The van der Waals surface area contributed by atoms with Gasteiger partial charge in [-0.3, -0.25) is 0 Å². The Kier molecular flexibility index (Phi) is 6.33. The van der Waals surface area contributed by atoms with Crippen LogP contribution in [0.1, 0.15) is 97.3 Å². The first-order valence-corrected chi connectivity index (χ1v) is 12.3. The molecule has 26 heavy (non-hydrogen) atoms. The van der Waals surface area contributed by atoms with Crippen LogP contribution in [0.3, 0.4) is 0 Å². The summed E-state index contributed by atoms with van der Waals surface area (Å²) in [6.07, 6.45) is 20.1. The van der Waals surface area contributed by atoms with Gasteiger partial charge in [0.2, 0.25) is 0 Å². The van der Waals surface area contributed by atoms with Gasteiger partial charge in [-0.15, -0.1) is 0 Å². The fraction of sp³-hybridized carbons (Fsp3) is 1.00. The molecule has 6 rings (SSSR count). The van der Waals surface area contributed by atoms with Gasteiger partial charge in [-0.2, -0.15) is 0 Å². The molecular weight excluding hydrogens is 314 g/mol. The monoisotopic (exact) mass is 359 g/mol. The van der Waals surface area contributed by atoms with Crippen LogP contribution in [0.15, 0.2) is 0 Å². The Morgan fingerprint density at radius 3 is 2.19 bits per heavy atom. The van der Waals surface area contributed by atoms with Crippen molar-refractivity contribution in [2.75, 3.05) is 7.05 Å². The zero-order chi connectivity index (χ0) is 18.1. The molecule has 150 valence electrons. The maximum absolute atomic E-state index is 3.67. The van der Waals surface area contributed by atoms with E-state index in [0.717, 1.165) is 53.4 Å². The lowest BCUT2D eigenvalue weighted by Gasteiger charge is -2.47. The van der Waals surface area contributed by atoms with Gasteiger partial charge in [0.1, 0.15) is 0 Å². The summed E-state index contributed by atoms with van der Waals surface area (Å²) in [5.74, 6) is 8.20. The predicted molar refractivity (Wildman–Crippen MR) is 112 cm³/mol. The van der Waals surface area contributed by atoms with Crippen LogP contribution >= 0.6 is 0 Å². The van der Waals surface area contributed by atoms with E-state index in [9.17, 15) is 0 Å². The van der Waals surface area contributed by atoms with E-state index in [2.05, 4.69) is 26.2 Å². The number of hydrogen-bond acceptors (Lipinski definition) is 1. The van der Waals surface area contributed by atoms with Crippen molar-refractivity contribution in [2.24, 2.45) is 47.3 Å². The second kappa shape index (κ2) is 8.54. The Hall–Kier alpha value is -0.0400. The molecule has 0 aromatic rings. The van der Waals surface area contributed by atoms with Gasteiger partial charge in [-0.1, -0.05) is 46.0 Å². The molecule has 0 aromatic heterocycles. The Labute approximate surface area is 163 Å². The van der Waals surface area contributed by atoms with Gasteiger partial charge in [0, 0.05) is 6.04 Å². The minimum atomic E-state index is 0.830. The number of nitrogens with one attached hydrogen (secondary N) is 1. The topological polar surface area (TPSA) is 12.0 Å². The van der Waals surface area contributed by atoms with E-state index in [1.807, 2.05) is 0 Å². The molecule has 1 heteroatoms. The van der Waals surface area contributed by atoms with Crippen molar-refractivity contribution in [1.29, 1.82) is 0 Å². The van der Waals surface area contributed by atoms with E-state index >= 15 is 0 Å². The minimum absolute atomic E-state index is 0.830. The van der Waals surface area contributed by atoms with Crippen molar-refractivity contribution in [1.82, 2.24) is 5.32 Å². The molecule has 6 fully saturated rings. The number of rotatable bonds is 3. The lowest BCUT2D eigenvalue weighted by Crippen LogP contribution is -2.43. The summed E-state index contributed by atoms with van der Waals surface area (Å²) in [7, 11) is 2.21. The summed E-state index contributed by atoms with van der Waals surface area (Å²) in [6, 6.07) is 0.830. The van der Waals surface area contributed by atoms with E-state index in [0.29, 0.717) is 0 Å². The summed E-state index contributed by atoms with van der Waals surface area (Å²) < 4.78 is 0. The number of fused-ring (bicyclic) bond motifs is 12. The Bertz CT molecular complexity index is 443. The van der Waals surface area contributed by atoms with Crippen molar-refractivity contribution >= 4 is 0 Å². The molecule has 0 amide bonds. The van der Waals surface area contributed by atoms with Gasteiger partial charge in [0.15, 0.2) is 0 Å². The van der Waals surface area contributed by atoms with E-state index in [1.54, 1.807) is 51.4 Å². The molecule has 8 unspecified atom stereocenters. The summed E-state index contributed by atoms with van der Waals surface area (Å²) in [6.45, 7) is 5.01. The van der Waals surface area contributed by atoms with Crippen LogP contribution in [0.5, 0.6) is 0 Å². The molecule has 6 aliphatic rings. The largest absolute Gasteiger partial charge is 0.317 e. The summed E-state index contributed by atoms with van der Waals surface area (Å²) in [4.78, 5) is 0. The molecule has 0 radical (unpaired) electrons. The first-order chi connectivity index (χ1) is 12.6. The molecule has 1 nitrogen and oxygen atoms in total. The van der Waals surface area contributed by atoms with Crippen LogP contribution in [0.25, 0.3) is 0 Å². The van der Waals surface area contributed by atoms with Gasteiger partial charge in [0.05, 0.1) is 0 Å². The van der Waals surface area contributed by atoms with Crippen molar-refractivity contribution in [3.8, 4) is 0 Å². The van der Waals surface area contributed by atoms with E-state index < -0.39 is 0 Å². The van der Waals surface area contributed by atoms with Gasteiger partial charge in [-0.05, 0) is 106 Å². The first kappa shape index (κ1) is 19.3. The molecule has 8 atom stereocenters. The first-order valence-electron chi connectivity index (χ1n) is 12.3. The minimum Gasteiger partial charge on any atom is -0.317 e. The highest BCUT2D eigenvalue weighted by atomic mass is 14.9. The van der Waals surface area contributed by atoms with Crippen LogP contribution in [-0.4, -0.2) is 13.1 Å². The average molecular weight is 360 g/mol. The van der Waals surface area contributed by atoms with Crippen LogP contribution < -0.4 is 5.32 Å². The van der Waals surface area contributed by atoms with Gasteiger partial charge < -0.3 is 5.32 Å². The lowest BCUT2D eigenvalue weighted by atomic mass is 9.59. The smallest absolute Gasteiger partial charge is 0.00949 e. The van der Waals surface area contributed by atoms with Gasteiger partial charge in [-0.25, -0.2) is 0 Å². The molecule has 4 bridgehead atoms. The van der Waals surface area contributed by atoms with Crippen LogP contribution in [0.2, 0.25) is 0 Å². The van der Waals surface area contributed by atoms with Crippen molar-refractivity contribution in [3.63, 3.8) is 0 Å². The third-order valence-corrected chi connectivity index (χ3v) is 9.51. The predicted octanol–water partition coefficient (Wildman–Crippen LogP) is 6.67. The highest BCUT2D eigenvalue weighted by molar-refractivity contribution is 4.93. The Morgan fingerprint density at radius 1 is 0.654 bits per heavy atom. The van der Waals surface area contributed by atoms with Crippen molar-refractivity contribution in [2.45, 2.75) is 103 Å². The third kappa shape index (κ3) is 4.18. The average Bonchev–Trinajstić information content (AvgIpc) is 2.54. The Balaban J connectivity index is 1.49. The molecule has 0 aromatic carbocycles. The lowest BCUT2D eigenvalue weighted by molar-refractivity contribution is 0.0460. The van der Waals surface area contributed by atoms with Crippen LogP contribution in [-0.2, 0) is 0 Å². The van der Waals surface area contributed by atoms with E-state index in [1.165, 1.54) is 32.1 Å². The second-order valence-corrected chi connectivity index (χ2v) is 11.2. The Morgan fingerprint density at radius 2 is 1.38 bits per heavy atom. The SMILES string of the molecule is CNC1CC2CCC1CCC(C1CCC3CCCC1CC(C(C)C)C3)C2. The normalized spacial score (nSPS) is 47.1. The molecule has 0 saturated heterocycles. The maximum Gasteiger partial charge on any atom is 0.00949 e. The van der Waals surface area contributed by atoms with E-state index in [-0.39, 0.29) is 0 Å². The van der Waals surface area contributed by atoms with Crippen molar-refractivity contribution < 1.29 is 0 Å². The molecule has 6 saturated carbocycles. The van der Waals surface area contributed by atoms with Gasteiger partial charge in [0.25, 0.3) is 0 Å². The van der Waals surface area contributed by atoms with Crippen LogP contribution in [0, 0.1) is 47.3 Å².